The number of carbonyl (C=O) groups excluding carboxylic acids is 1. The number of aromatic nitrogens is 2. The predicted octanol–water partition coefficient (Wildman–Crippen LogP) is 2.83. The number of aliphatic hydroxyl groups is 1. The fourth-order valence-corrected chi connectivity index (χ4v) is 3.29. The molecule has 1 amide bonds. The summed E-state index contributed by atoms with van der Waals surface area (Å²) in [4.78, 5) is 19.4. The average molecular weight is 331 g/mol. The van der Waals surface area contributed by atoms with Crippen LogP contribution in [0.1, 0.15) is 44.6 Å². The van der Waals surface area contributed by atoms with Crippen LogP contribution in [-0.4, -0.2) is 44.2 Å². The zero-order valence-corrected chi connectivity index (χ0v) is 15.6. The van der Waals surface area contributed by atoms with Crippen molar-refractivity contribution < 1.29 is 9.90 Å². The number of amides is 1. The molecule has 24 heavy (non-hydrogen) atoms. The first-order valence-corrected chi connectivity index (χ1v) is 8.64. The monoisotopic (exact) mass is 331 g/mol. The molecule has 0 spiro atoms. The molecule has 1 N–H and O–H groups in total. The molecule has 0 unspecified atom stereocenters. The minimum absolute atomic E-state index is 0.0214. The molecule has 2 aromatic rings. The third-order valence-electron chi connectivity index (χ3n) is 4.47. The van der Waals surface area contributed by atoms with Crippen molar-refractivity contribution in [1.29, 1.82) is 0 Å². The van der Waals surface area contributed by atoms with E-state index in [1.807, 2.05) is 37.2 Å². The topological polar surface area (TPSA) is 58.4 Å². The average Bonchev–Trinajstić information content (AvgIpc) is 2.76. The number of fused-ring (bicyclic) bond motifs is 1. The largest absolute Gasteiger partial charge is 0.396 e. The lowest BCUT2D eigenvalue weighted by Gasteiger charge is -2.31. The number of rotatable bonds is 6. The standard InChI is InChI=1S/C19H29N3O2/c1-12(2)22(13(3)4)19(24)11-21-17-10-15(6)14(5)9-16(17)20-18(21)7-8-23/h9-10,12-13,23H,7-8,11H2,1-6H3. The van der Waals surface area contributed by atoms with Gasteiger partial charge in [0.15, 0.2) is 0 Å². The van der Waals surface area contributed by atoms with Crippen molar-refractivity contribution in [3.05, 3.63) is 29.1 Å². The smallest absolute Gasteiger partial charge is 0.243 e. The van der Waals surface area contributed by atoms with E-state index in [0.717, 1.165) is 16.9 Å². The summed E-state index contributed by atoms with van der Waals surface area (Å²) in [6, 6.07) is 4.44. The van der Waals surface area contributed by atoms with Gasteiger partial charge in [-0.3, -0.25) is 4.79 Å². The van der Waals surface area contributed by atoms with Crippen LogP contribution >= 0.6 is 0 Å². The van der Waals surface area contributed by atoms with Crippen LogP contribution in [-0.2, 0) is 17.8 Å². The Balaban J connectivity index is 2.47. The number of hydrogen-bond donors (Lipinski definition) is 1. The number of nitrogens with zero attached hydrogens (tertiary/aromatic N) is 3. The highest BCUT2D eigenvalue weighted by atomic mass is 16.3. The second-order valence-electron chi connectivity index (χ2n) is 7.00. The Bertz CT molecular complexity index is 724. The Morgan fingerprint density at radius 3 is 2.29 bits per heavy atom. The van der Waals surface area contributed by atoms with Crippen LogP contribution in [0, 0.1) is 13.8 Å². The maximum absolute atomic E-state index is 12.9. The molecular weight excluding hydrogens is 302 g/mol. The van der Waals surface area contributed by atoms with Gasteiger partial charge in [0.05, 0.1) is 17.6 Å². The maximum atomic E-state index is 12.9. The van der Waals surface area contributed by atoms with E-state index in [-0.39, 0.29) is 31.1 Å². The first-order valence-electron chi connectivity index (χ1n) is 8.64. The third kappa shape index (κ3) is 3.61. The van der Waals surface area contributed by atoms with Gasteiger partial charge in [0.1, 0.15) is 12.4 Å². The summed E-state index contributed by atoms with van der Waals surface area (Å²) < 4.78 is 1.96. The number of aryl methyl sites for hydroxylation is 2. The van der Waals surface area contributed by atoms with Crippen molar-refractivity contribution in [3.8, 4) is 0 Å². The molecule has 0 radical (unpaired) electrons. The molecule has 5 nitrogen and oxygen atoms in total. The van der Waals surface area contributed by atoms with E-state index in [9.17, 15) is 9.90 Å². The van der Waals surface area contributed by atoms with Gasteiger partial charge in [-0.05, 0) is 64.8 Å². The van der Waals surface area contributed by atoms with Gasteiger partial charge < -0.3 is 14.6 Å². The summed E-state index contributed by atoms with van der Waals surface area (Å²) in [5.74, 6) is 0.843. The summed E-state index contributed by atoms with van der Waals surface area (Å²) in [6.45, 7) is 12.5. The quantitative estimate of drug-likeness (QED) is 0.885. The number of hydrogen-bond acceptors (Lipinski definition) is 3. The van der Waals surface area contributed by atoms with E-state index in [1.165, 1.54) is 11.1 Å². The van der Waals surface area contributed by atoms with E-state index in [0.29, 0.717) is 6.42 Å². The second-order valence-corrected chi connectivity index (χ2v) is 7.00. The Hall–Kier alpha value is -1.88. The minimum Gasteiger partial charge on any atom is -0.396 e. The van der Waals surface area contributed by atoms with Crippen LogP contribution in [0.3, 0.4) is 0 Å². The Kier molecular flexibility index (Phi) is 5.65. The van der Waals surface area contributed by atoms with Gasteiger partial charge in [0, 0.05) is 18.5 Å². The van der Waals surface area contributed by atoms with Gasteiger partial charge in [-0.15, -0.1) is 0 Å². The fourth-order valence-electron chi connectivity index (χ4n) is 3.29. The molecule has 0 saturated carbocycles. The first kappa shape index (κ1) is 18.5. The van der Waals surface area contributed by atoms with Crippen molar-refractivity contribution in [3.63, 3.8) is 0 Å². The molecule has 2 rings (SSSR count). The van der Waals surface area contributed by atoms with Gasteiger partial charge in [0.25, 0.3) is 0 Å². The SMILES string of the molecule is Cc1cc2nc(CCO)n(CC(=O)N(C(C)C)C(C)C)c2cc1C. The maximum Gasteiger partial charge on any atom is 0.243 e. The lowest BCUT2D eigenvalue weighted by Crippen LogP contribution is -2.43. The number of carbonyl (C=O) groups is 1. The predicted molar refractivity (Wildman–Crippen MR) is 97.1 cm³/mol. The highest BCUT2D eigenvalue weighted by Crippen LogP contribution is 2.22. The van der Waals surface area contributed by atoms with Crippen LogP contribution in [0.5, 0.6) is 0 Å². The molecular formula is C19H29N3O2. The molecule has 0 bridgehead atoms. The van der Waals surface area contributed by atoms with Crippen molar-refractivity contribution in [1.82, 2.24) is 14.5 Å². The highest BCUT2D eigenvalue weighted by Gasteiger charge is 2.22. The molecule has 0 fully saturated rings. The molecule has 1 heterocycles. The normalized spacial score (nSPS) is 11.7. The van der Waals surface area contributed by atoms with Gasteiger partial charge in [-0.1, -0.05) is 0 Å². The molecule has 0 saturated heterocycles. The van der Waals surface area contributed by atoms with Gasteiger partial charge in [-0.25, -0.2) is 4.98 Å². The summed E-state index contributed by atoms with van der Waals surface area (Å²) >= 11 is 0. The lowest BCUT2D eigenvalue weighted by atomic mass is 10.1. The number of imidazole rings is 1. The van der Waals surface area contributed by atoms with Crippen LogP contribution in [0.15, 0.2) is 12.1 Å². The van der Waals surface area contributed by atoms with Crippen LogP contribution in [0.4, 0.5) is 0 Å². The second kappa shape index (κ2) is 7.34. The van der Waals surface area contributed by atoms with Gasteiger partial charge in [-0.2, -0.15) is 0 Å². The van der Waals surface area contributed by atoms with E-state index < -0.39 is 0 Å². The summed E-state index contributed by atoms with van der Waals surface area (Å²) in [7, 11) is 0. The number of aliphatic hydroxyl groups excluding tert-OH is 1. The summed E-state index contributed by atoms with van der Waals surface area (Å²) in [6.07, 6.45) is 0.448. The first-order chi connectivity index (χ1) is 11.3. The zero-order chi connectivity index (χ0) is 18.0. The summed E-state index contributed by atoms with van der Waals surface area (Å²) in [5, 5.41) is 9.35. The molecule has 0 aliphatic heterocycles. The number of benzene rings is 1. The Labute approximate surface area is 144 Å². The van der Waals surface area contributed by atoms with E-state index in [4.69, 9.17) is 0 Å². The summed E-state index contributed by atoms with van der Waals surface area (Å²) in [5.41, 5.74) is 4.20. The lowest BCUT2D eigenvalue weighted by molar-refractivity contribution is -0.135. The van der Waals surface area contributed by atoms with E-state index in [2.05, 4.69) is 31.0 Å². The molecule has 0 atom stereocenters. The van der Waals surface area contributed by atoms with Crippen molar-refractivity contribution in [2.75, 3.05) is 6.61 Å². The van der Waals surface area contributed by atoms with Gasteiger partial charge >= 0.3 is 0 Å². The Morgan fingerprint density at radius 2 is 1.75 bits per heavy atom. The van der Waals surface area contributed by atoms with Crippen LogP contribution in [0.2, 0.25) is 0 Å². The van der Waals surface area contributed by atoms with Crippen LogP contribution < -0.4 is 0 Å². The van der Waals surface area contributed by atoms with E-state index >= 15 is 0 Å². The van der Waals surface area contributed by atoms with Crippen molar-refractivity contribution in [2.24, 2.45) is 0 Å². The minimum atomic E-state index is 0.0214. The Morgan fingerprint density at radius 1 is 1.17 bits per heavy atom. The molecule has 5 heteroatoms. The zero-order valence-electron chi connectivity index (χ0n) is 15.6. The molecule has 1 aromatic heterocycles. The van der Waals surface area contributed by atoms with E-state index in [1.54, 1.807) is 0 Å². The fraction of sp³-hybridized carbons (Fsp3) is 0.579. The van der Waals surface area contributed by atoms with Crippen molar-refractivity contribution >= 4 is 16.9 Å². The van der Waals surface area contributed by atoms with Crippen LogP contribution in [0.25, 0.3) is 11.0 Å². The molecule has 1 aromatic carbocycles. The molecule has 0 aliphatic rings. The molecule has 132 valence electrons. The van der Waals surface area contributed by atoms with Crippen molar-refractivity contribution in [2.45, 2.75) is 66.6 Å². The van der Waals surface area contributed by atoms with Gasteiger partial charge in [0.2, 0.25) is 5.91 Å². The third-order valence-corrected chi connectivity index (χ3v) is 4.47. The molecule has 0 aliphatic carbocycles. The highest BCUT2D eigenvalue weighted by molar-refractivity contribution is 5.82.